The van der Waals surface area contributed by atoms with E-state index in [9.17, 15) is 14.4 Å². The third-order valence-corrected chi connectivity index (χ3v) is 13.6. The Morgan fingerprint density at radius 1 is 0.263 bits per heavy atom. The van der Waals surface area contributed by atoms with Crippen molar-refractivity contribution >= 4 is 17.9 Å². The van der Waals surface area contributed by atoms with E-state index in [1.54, 1.807) is 0 Å². The molecule has 0 aliphatic heterocycles. The Bertz CT molecular complexity index is 1750. The summed E-state index contributed by atoms with van der Waals surface area (Å²) in [4.78, 5) is 38.2. The fourth-order valence-corrected chi connectivity index (χ4v) is 8.77. The van der Waals surface area contributed by atoms with E-state index in [2.05, 4.69) is 161 Å². The molecular weight excluding hydrogens is 985 g/mol. The summed E-state index contributed by atoms with van der Waals surface area (Å²) in [5.74, 6) is -0.990. The van der Waals surface area contributed by atoms with E-state index in [1.807, 2.05) is 6.08 Å². The Morgan fingerprint density at radius 2 is 0.512 bits per heavy atom. The first-order chi connectivity index (χ1) is 39.5. The highest BCUT2D eigenvalue weighted by atomic mass is 16.6. The summed E-state index contributed by atoms with van der Waals surface area (Å²) >= 11 is 0. The van der Waals surface area contributed by atoms with Crippen LogP contribution in [0, 0.1) is 0 Å². The average Bonchev–Trinajstić information content (AvgIpc) is 3.46. The topological polar surface area (TPSA) is 78.9 Å². The predicted octanol–water partition coefficient (Wildman–Crippen LogP) is 22.7. The lowest BCUT2D eigenvalue weighted by Crippen LogP contribution is -2.30. The molecule has 0 aromatic rings. The number of carbonyl (C=O) groups is 3. The lowest BCUT2D eigenvalue weighted by Gasteiger charge is -2.18. The van der Waals surface area contributed by atoms with Gasteiger partial charge in [-0.05, 0) is 109 Å². The first kappa shape index (κ1) is 75.3. The van der Waals surface area contributed by atoms with Crippen molar-refractivity contribution in [3.8, 4) is 0 Å². The van der Waals surface area contributed by atoms with Crippen LogP contribution in [0.3, 0.4) is 0 Å². The third-order valence-electron chi connectivity index (χ3n) is 13.6. The van der Waals surface area contributed by atoms with Crippen LogP contribution in [0.25, 0.3) is 0 Å². The van der Waals surface area contributed by atoms with Crippen molar-refractivity contribution in [1.82, 2.24) is 0 Å². The van der Waals surface area contributed by atoms with E-state index in [-0.39, 0.29) is 37.5 Å². The Morgan fingerprint density at radius 3 is 0.838 bits per heavy atom. The second-order valence-electron chi connectivity index (χ2n) is 21.3. The van der Waals surface area contributed by atoms with Gasteiger partial charge in [0.2, 0.25) is 0 Å². The standard InChI is InChI=1S/C74H120O6/c1-4-7-10-13-16-19-22-25-27-28-29-30-31-32-33-34-35-36-37-38-39-40-41-42-43-44-45-46-47-50-52-55-58-61-64-67-73(76)79-70-71(69-78-72(75)66-63-60-57-54-51-48-24-21-18-15-12-9-6-3)80-74(77)68-65-62-59-56-53-49-26-23-20-17-14-11-8-5-2/h7,9-10,12,16,18-19,21,25,27,29-30,32-33,35-36,38-39,41-42,48,51,57,60,71H,4-6,8,11,13-15,17,20,22-24,26,28,31,34,37,40,43-47,49-50,52-56,58-59,61-70H2,1-3H3/b10-7-,12-9-,19-16-,21-18-,27-25-,30-29-,33-32-,36-35-,39-38-,42-41-,51-48-,60-57-. The molecule has 6 nitrogen and oxygen atoms in total. The number of hydrogen-bond acceptors (Lipinski definition) is 6. The number of hydrogen-bond donors (Lipinski definition) is 0. The lowest BCUT2D eigenvalue weighted by atomic mass is 10.0. The number of rotatable bonds is 58. The summed E-state index contributed by atoms with van der Waals surface area (Å²) in [6.45, 7) is 6.35. The second-order valence-corrected chi connectivity index (χ2v) is 21.3. The van der Waals surface area contributed by atoms with Crippen LogP contribution >= 0.6 is 0 Å². The monoisotopic (exact) mass is 1100 g/mol. The highest BCUT2D eigenvalue weighted by molar-refractivity contribution is 5.71. The quantitative estimate of drug-likeness (QED) is 0.0261. The molecule has 0 rings (SSSR count). The van der Waals surface area contributed by atoms with Gasteiger partial charge in [-0.2, -0.15) is 0 Å². The van der Waals surface area contributed by atoms with Crippen LogP contribution < -0.4 is 0 Å². The van der Waals surface area contributed by atoms with Crippen LogP contribution in [0.2, 0.25) is 0 Å². The molecule has 452 valence electrons. The molecule has 0 aromatic heterocycles. The molecule has 6 heteroatoms. The molecule has 0 saturated carbocycles. The second kappa shape index (κ2) is 66.8. The average molecular weight is 1110 g/mol. The Kier molecular flexibility index (Phi) is 62.9. The summed E-state index contributed by atoms with van der Waals surface area (Å²) in [6.07, 6.45) is 96.0. The van der Waals surface area contributed by atoms with Gasteiger partial charge in [-0.3, -0.25) is 14.4 Å². The minimum Gasteiger partial charge on any atom is -0.462 e. The summed E-state index contributed by atoms with van der Waals surface area (Å²) in [7, 11) is 0. The zero-order chi connectivity index (χ0) is 57.8. The van der Waals surface area contributed by atoms with Gasteiger partial charge in [0.05, 0.1) is 0 Å². The van der Waals surface area contributed by atoms with Crippen LogP contribution in [0.15, 0.2) is 146 Å². The highest BCUT2D eigenvalue weighted by Crippen LogP contribution is 2.16. The largest absolute Gasteiger partial charge is 0.462 e. The summed E-state index contributed by atoms with van der Waals surface area (Å²) in [5, 5.41) is 0. The number of unbranched alkanes of at least 4 members (excludes halogenated alkanes) is 23. The molecule has 0 aromatic carbocycles. The number of carbonyl (C=O) groups excluding carboxylic acids is 3. The maximum atomic E-state index is 12.9. The van der Waals surface area contributed by atoms with E-state index in [0.29, 0.717) is 19.3 Å². The molecule has 0 heterocycles. The van der Waals surface area contributed by atoms with E-state index < -0.39 is 6.10 Å². The van der Waals surface area contributed by atoms with Gasteiger partial charge in [0.1, 0.15) is 13.2 Å². The van der Waals surface area contributed by atoms with Crippen LogP contribution in [-0.4, -0.2) is 37.2 Å². The van der Waals surface area contributed by atoms with Gasteiger partial charge < -0.3 is 14.2 Å². The zero-order valence-electron chi connectivity index (χ0n) is 51.8. The molecule has 0 spiro atoms. The van der Waals surface area contributed by atoms with Gasteiger partial charge in [-0.15, -0.1) is 0 Å². The van der Waals surface area contributed by atoms with Crippen molar-refractivity contribution in [2.75, 3.05) is 13.2 Å². The Hall–Kier alpha value is -4.71. The molecule has 0 radical (unpaired) electrons. The molecular formula is C74H120O6. The van der Waals surface area contributed by atoms with Crippen molar-refractivity contribution in [2.45, 2.75) is 290 Å². The van der Waals surface area contributed by atoms with Gasteiger partial charge >= 0.3 is 17.9 Å². The smallest absolute Gasteiger partial charge is 0.306 e. The lowest BCUT2D eigenvalue weighted by molar-refractivity contribution is -0.166. The Balaban J connectivity index is 4.24. The van der Waals surface area contributed by atoms with E-state index in [1.165, 1.54) is 116 Å². The Labute approximate surface area is 493 Å². The maximum absolute atomic E-state index is 12.9. The predicted molar refractivity (Wildman–Crippen MR) is 348 cm³/mol. The molecule has 0 aliphatic carbocycles. The first-order valence-electron chi connectivity index (χ1n) is 32.8. The van der Waals surface area contributed by atoms with Gasteiger partial charge in [0.15, 0.2) is 6.10 Å². The van der Waals surface area contributed by atoms with E-state index >= 15 is 0 Å². The van der Waals surface area contributed by atoms with Crippen LogP contribution in [0.5, 0.6) is 0 Å². The van der Waals surface area contributed by atoms with Gasteiger partial charge in [0.25, 0.3) is 0 Å². The zero-order valence-corrected chi connectivity index (χ0v) is 51.8. The van der Waals surface area contributed by atoms with Crippen molar-refractivity contribution in [3.05, 3.63) is 146 Å². The minimum absolute atomic E-state index is 0.104. The molecule has 0 bridgehead atoms. The molecule has 0 saturated heterocycles. The number of esters is 3. The molecule has 0 N–H and O–H groups in total. The van der Waals surface area contributed by atoms with Crippen molar-refractivity contribution < 1.29 is 28.6 Å². The molecule has 80 heavy (non-hydrogen) atoms. The minimum atomic E-state index is -0.811. The van der Waals surface area contributed by atoms with Gasteiger partial charge in [0, 0.05) is 19.3 Å². The van der Waals surface area contributed by atoms with Gasteiger partial charge in [-0.1, -0.05) is 301 Å². The van der Waals surface area contributed by atoms with Crippen molar-refractivity contribution in [2.24, 2.45) is 0 Å². The summed E-state index contributed by atoms with van der Waals surface area (Å²) in [6, 6.07) is 0. The van der Waals surface area contributed by atoms with E-state index in [4.69, 9.17) is 14.2 Å². The molecule has 0 fully saturated rings. The fourth-order valence-electron chi connectivity index (χ4n) is 8.77. The van der Waals surface area contributed by atoms with Crippen molar-refractivity contribution in [3.63, 3.8) is 0 Å². The first-order valence-corrected chi connectivity index (χ1v) is 32.8. The van der Waals surface area contributed by atoms with Gasteiger partial charge in [-0.25, -0.2) is 0 Å². The van der Waals surface area contributed by atoms with Crippen LogP contribution in [-0.2, 0) is 28.6 Å². The SMILES string of the molecule is CC/C=C\C/C=C\C/C=C\C/C=C\C/C=C\C/C=C\C/C=C\C/C=C\CCCCCCCCCCCCC(=O)OCC(COC(=O)CC/C=C\C/C=C\C/C=C\C/C=C\CC)OC(=O)CCCCCCCCCCCCCCCC. The highest BCUT2D eigenvalue weighted by Gasteiger charge is 2.19. The molecule has 0 aliphatic rings. The van der Waals surface area contributed by atoms with E-state index in [0.717, 1.165) is 122 Å². The fraction of sp³-hybridized carbons (Fsp3) is 0.635. The molecule has 0 amide bonds. The summed E-state index contributed by atoms with van der Waals surface area (Å²) in [5.41, 5.74) is 0. The molecule has 1 atom stereocenters. The van der Waals surface area contributed by atoms with Crippen LogP contribution in [0.1, 0.15) is 284 Å². The number of ether oxygens (including phenoxy) is 3. The maximum Gasteiger partial charge on any atom is 0.306 e. The summed E-state index contributed by atoms with van der Waals surface area (Å²) < 4.78 is 16.8. The normalized spacial score (nSPS) is 13.1. The third kappa shape index (κ3) is 64.1. The van der Waals surface area contributed by atoms with Crippen LogP contribution in [0.4, 0.5) is 0 Å². The van der Waals surface area contributed by atoms with Crippen molar-refractivity contribution in [1.29, 1.82) is 0 Å². The molecule has 1 unspecified atom stereocenters. The number of allylic oxidation sites excluding steroid dienone is 24.